The number of amides is 1. The van der Waals surface area contributed by atoms with E-state index in [1.54, 1.807) is 30.3 Å². The van der Waals surface area contributed by atoms with E-state index < -0.39 is 11.6 Å². The predicted octanol–water partition coefficient (Wildman–Crippen LogP) is 8.45. The summed E-state index contributed by atoms with van der Waals surface area (Å²) < 4.78 is 12.2. The summed E-state index contributed by atoms with van der Waals surface area (Å²) in [5.41, 5.74) is 3.68. The molecule has 270 valence electrons. The number of fused-ring (bicyclic) bond motifs is 11. The van der Waals surface area contributed by atoms with E-state index in [2.05, 4.69) is 30.1 Å². The molecule has 3 aliphatic carbocycles. The Morgan fingerprint density at radius 3 is 2.34 bits per heavy atom. The Kier molecular flexibility index (Phi) is 7.96. The van der Waals surface area contributed by atoms with E-state index in [1.165, 1.54) is 61.1 Å². The first kappa shape index (κ1) is 33.4. The molecule has 4 N–H and O–H groups in total. The highest BCUT2D eigenvalue weighted by Crippen LogP contribution is 2.61. The summed E-state index contributed by atoms with van der Waals surface area (Å²) in [5.74, 6) is 10.1. The van der Waals surface area contributed by atoms with Crippen molar-refractivity contribution in [1.82, 2.24) is 5.32 Å². The number of aryl methyl sites for hydroxylation is 1. The van der Waals surface area contributed by atoms with Gasteiger partial charge < -0.3 is 30.1 Å². The van der Waals surface area contributed by atoms with Crippen LogP contribution in [-0.4, -0.2) is 33.7 Å². The van der Waals surface area contributed by atoms with Crippen LogP contribution in [0.3, 0.4) is 0 Å². The van der Waals surface area contributed by atoms with Crippen LogP contribution in [0.2, 0.25) is 0 Å². The van der Waals surface area contributed by atoms with E-state index in [9.17, 15) is 24.9 Å². The predicted molar refractivity (Wildman–Crippen MR) is 198 cm³/mol. The van der Waals surface area contributed by atoms with Crippen molar-refractivity contribution in [2.75, 3.05) is 6.54 Å². The number of nitrogens with one attached hydrogen (secondary N) is 1. The van der Waals surface area contributed by atoms with E-state index in [-0.39, 0.29) is 34.3 Å². The summed E-state index contributed by atoms with van der Waals surface area (Å²) in [4.78, 5) is 26.7. The number of phenols is 3. The first-order chi connectivity index (χ1) is 25.6. The Bertz CT molecular complexity index is 2180. The Labute approximate surface area is 309 Å². The van der Waals surface area contributed by atoms with Crippen molar-refractivity contribution in [3.63, 3.8) is 0 Å². The van der Waals surface area contributed by atoms with Crippen LogP contribution >= 0.6 is 0 Å². The van der Waals surface area contributed by atoms with E-state index in [0.29, 0.717) is 51.9 Å². The molecule has 0 bridgehead atoms. The van der Waals surface area contributed by atoms with Gasteiger partial charge in [-0.25, -0.2) is 4.79 Å². The third-order valence-corrected chi connectivity index (χ3v) is 12.9. The lowest BCUT2D eigenvalue weighted by molar-refractivity contribution is 0.0224. The fourth-order valence-corrected chi connectivity index (χ4v) is 10.4. The van der Waals surface area contributed by atoms with Crippen molar-refractivity contribution in [2.45, 2.75) is 76.2 Å². The van der Waals surface area contributed by atoms with Crippen molar-refractivity contribution >= 4 is 11.9 Å². The van der Waals surface area contributed by atoms with Gasteiger partial charge in [0.2, 0.25) is 0 Å². The van der Waals surface area contributed by atoms with Crippen molar-refractivity contribution in [3.05, 3.63) is 112 Å². The van der Waals surface area contributed by atoms with E-state index in [4.69, 9.17) is 9.47 Å². The number of benzene rings is 4. The van der Waals surface area contributed by atoms with Gasteiger partial charge in [-0.2, -0.15) is 0 Å². The molecule has 53 heavy (non-hydrogen) atoms. The van der Waals surface area contributed by atoms with Gasteiger partial charge in [0.1, 0.15) is 28.7 Å². The van der Waals surface area contributed by atoms with Crippen LogP contribution in [0.4, 0.5) is 0 Å². The molecule has 4 aromatic rings. The molecule has 5 atom stereocenters. The van der Waals surface area contributed by atoms with Crippen LogP contribution in [0.15, 0.2) is 72.8 Å². The van der Waals surface area contributed by atoms with Gasteiger partial charge in [-0.3, -0.25) is 4.79 Å². The van der Waals surface area contributed by atoms with Crippen LogP contribution < -0.4 is 10.1 Å². The van der Waals surface area contributed by atoms with Gasteiger partial charge in [0, 0.05) is 52.8 Å². The van der Waals surface area contributed by atoms with Gasteiger partial charge in [-0.15, -0.1) is 5.92 Å². The topological polar surface area (TPSA) is 125 Å². The normalized spacial score (nSPS) is 25.3. The third-order valence-electron chi connectivity index (χ3n) is 12.9. The lowest BCUT2D eigenvalue weighted by Crippen LogP contribution is -2.37. The number of carbonyl (C=O) groups excluding carboxylic acids is 2. The number of unbranched alkanes of at least 4 members (excludes halogenated alkanes) is 2. The number of aromatic hydroxyl groups is 3. The average Bonchev–Trinajstić information content (AvgIpc) is 3.64. The van der Waals surface area contributed by atoms with E-state index in [0.717, 1.165) is 43.9 Å². The van der Waals surface area contributed by atoms with Crippen molar-refractivity contribution in [3.8, 4) is 40.6 Å². The van der Waals surface area contributed by atoms with E-state index >= 15 is 0 Å². The molecule has 2 heterocycles. The van der Waals surface area contributed by atoms with Gasteiger partial charge in [-0.05, 0) is 148 Å². The molecule has 0 aromatic heterocycles. The Hall–Kier alpha value is -5.42. The molecular weight excluding hydrogens is 666 g/mol. The SMILES string of the molecule is C[C@@]1(C#CCCCCNC(=O)c2ccc3c(c2)C2(OC3=O)c3ccc(O)cc3Oc3cc(O)ccc32)CCC2C3CCc4cc(O)ccc4C3CCC21. The van der Waals surface area contributed by atoms with Crippen LogP contribution in [0, 0.1) is 35.0 Å². The number of phenolic OH excluding ortho intramolecular Hbond substituents is 3. The van der Waals surface area contributed by atoms with Crippen LogP contribution in [0.1, 0.15) is 113 Å². The molecule has 0 saturated heterocycles. The maximum Gasteiger partial charge on any atom is 0.340 e. The summed E-state index contributed by atoms with van der Waals surface area (Å²) in [6.45, 7) is 2.88. The fourth-order valence-electron chi connectivity index (χ4n) is 10.4. The molecule has 8 heteroatoms. The van der Waals surface area contributed by atoms with Gasteiger partial charge in [0.15, 0.2) is 5.60 Å². The molecule has 1 amide bonds. The summed E-state index contributed by atoms with van der Waals surface area (Å²) in [7, 11) is 0. The van der Waals surface area contributed by atoms with Crippen LogP contribution in [-0.2, 0) is 16.8 Å². The molecule has 9 rings (SSSR count). The van der Waals surface area contributed by atoms with Crippen molar-refractivity contribution < 1.29 is 34.4 Å². The highest BCUT2D eigenvalue weighted by molar-refractivity contribution is 6.00. The zero-order valence-corrected chi connectivity index (χ0v) is 29.8. The molecule has 4 unspecified atom stereocenters. The second-order valence-electron chi connectivity index (χ2n) is 15.8. The van der Waals surface area contributed by atoms with E-state index in [1.807, 2.05) is 12.1 Å². The standard InChI is InChI=1S/C45H43NO7/c1-44(20-18-34-33-11-6-26-22-28(47)8-13-31(26)32(33)14-17-36(34)44)19-4-2-3-5-21-46-42(50)27-7-12-35-39(23-27)45(53-43(35)51)37-15-9-29(48)24-40(37)52-41-25-30(49)10-16-38(41)45/h7-10,12-13,15-16,22-25,32-34,36,47-49H,2-3,5-6,11,14,17-18,20-21H2,1H3,(H,46,50)/t32?,33?,34?,36?,44-/m1/s1. The smallest absolute Gasteiger partial charge is 0.340 e. The van der Waals surface area contributed by atoms with Gasteiger partial charge >= 0.3 is 5.97 Å². The minimum atomic E-state index is -1.42. The quantitative estimate of drug-likeness (QED) is 0.0931. The zero-order valence-electron chi connectivity index (χ0n) is 29.8. The molecule has 8 nitrogen and oxygen atoms in total. The summed E-state index contributed by atoms with van der Waals surface area (Å²) >= 11 is 0. The molecular formula is C45H43NO7. The Morgan fingerprint density at radius 1 is 0.830 bits per heavy atom. The summed E-state index contributed by atoms with van der Waals surface area (Å²) in [5, 5.41) is 33.4. The second-order valence-corrected chi connectivity index (χ2v) is 15.8. The molecule has 1 spiro atoms. The first-order valence-electron chi connectivity index (χ1n) is 19.0. The molecule has 2 aliphatic heterocycles. The van der Waals surface area contributed by atoms with Crippen molar-refractivity contribution in [2.24, 2.45) is 23.2 Å². The van der Waals surface area contributed by atoms with Gasteiger partial charge in [0.25, 0.3) is 5.91 Å². The van der Waals surface area contributed by atoms with Gasteiger partial charge in [0.05, 0.1) is 5.56 Å². The fraction of sp³-hybridized carbons (Fsp3) is 0.378. The monoisotopic (exact) mass is 709 g/mol. The first-order valence-corrected chi connectivity index (χ1v) is 19.0. The third kappa shape index (κ3) is 5.43. The number of rotatable bonds is 5. The molecule has 4 aromatic carbocycles. The largest absolute Gasteiger partial charge is 0.508 e. The number of hydrogen-bond donors (Lipinski definition) is 4. The minimum Gasteiger partial charge on any atom is -0.508 e. The summed E-state index contributed by atoms with van der Waals surface area (Å²) in [6.07, 6.45) is 9.57. The molecule has 2 fully saturated rings. The van der Waals surface area contributed by atoms with Gasteiger partial charge in [-0.1, -0.05) is 12.0 Å². The highest BCUT2D eigenvalue weighted by atomic mass is 16.6. The molecule has 2 saturated carbocycles. The highest BCUT2D eigenvalue weighted by Gasteiger charge is 2.54. The maximum absolute atomic E-state index is 13.4. The maximum atomic E-state index is 13.4. The zero-order chi connectivity index (χ0) is 36.5. The lowest BCUT2D eigenvalue weighted by Gasteiger charge is -2.46. The number of carbonyl (C=O) groups is 2. The number of hydrogen-bond acceptors (Lipinski definition) is 7. The molecule has 5 aliphatic rings. The Balaban J connectivity index is 0.838. The Morgan fingerprint density at radius 2 is 1.57 bits per heavy atom. The minimum absolute atomic E-state index is 0.0236. The average molecular weight is 710 g/mol. The van der Waals surface area contributed by atoms with Crippen LogP contribution in [0.5, 0.6) is 28.7 Å². The van der Waals surface area contributed by atoms with Crippen molar-refractivity contribution in [1.29, 1.82) is 0 Å². The van der Waals surface area contributed by atoms with Crippen LogP contribution in [0.25, 0.3) is 0 Å². The lowest BCUT2D eigenvalue weighted by atomic mass is 9.58. The molecule has 0 radical (unpaired) electrons. The number of ether oxygens (including phenoxy) is 2. The summed E-state index contributed by atoms with van der Waals surface area (Å²) in [6, 6.07) is 20.1. The number of esters is 1. The second kappa shape index (κ2) is 12.6.